The number of piperidine rings is 1. The van der Waals surface area contributed by atoms with E-state index in [0.29, 0.717) is 5.41 Å². The van der Waals surface area contributed by atoms with Crippen molar-refractivity contribution >= 4 is 0 Å². The smallest absolute Gasteiger partial charge is 0.103 e. The third kappa shape index (κ3) is 4.02. The molecule has 2 saturated heterocycles. The number of aliphatic hydroxyl groups is 2. The maximum atomic E-state index is 10.8. The van der Waals surface area contributed by atoms with Gasteiger partial charge in [-0.1, -0.05) is 26.8 Å². The van der Waals surface area contributed by atoms with E-state index in [1.165, 1.54) is 31.4 Å². The molecule has 2 heterocycles. The normalized spacial score (nSPS) is 44.6. The largest absolute Gasteiger partial charge is 0.393 e. The molecule has 6 unspecified atom stereocenters. The highest BCUT2D eigenvalue weighted by molar-refractivity contribution is 5.23. The first-order valence-corrected chi connectivity index (χ1v) is 12.1. The summed E-state index contributed by atoms with van der Waals surface area (Å²) in [6.45, 7) is 10.1. The van der Waals surface area contributed by atoms with Crippen LogP contribution in [0.15, 0.2) is 11.8 Å². The number of hydrogen-bond donors (Lipinski definition) is 3. The molecule has 1 saturated carbocycles. The van der Waals surface area contributed by atoms with Crippen LogP contribution in [0.25, 0.3) is 0 Å². The van der Waals surface area contributed by atoms with Crippen LogP contribution in [-0.4, -0.2) is 40.2 Å². The van der Waals surface area contributed by atoms with E-state index in [2.05, 4.69) is 39.1 Å². The molecular weight excluding hydrogens is 362 g/mol. The van der Waals surface area contributed by atoms with Gasteiger partial charge in [0.05, 0.1) is 17.8 Å². The maximum absolute atomic E-state index is 10.8. The fourth-order valence-electron chi connectivity index (χ4n) is 7.01. The highest BCUT2D eigenvalue weighted by Gasteiger charge is 2.75. The fourth-order valence-corrected chi connectivity index (χ4v) is 7.01. The predicted octanol–water partition coefficient (Wildman–Crippen LogP) is 4.69. The van der Waals surface area contributed by atoms with Crippen LogP contribution < -0.4 is 5.32 Å². The van der Waals surface area contributed by atoms with Gasteiger partial charge in [0.25, 0.3) is 0 Å². The molecule has 166 valence electrons. The quantitative estimate of drug-likeness (QED) is 0.561. The Labute approximate surface area is 177 Å². The molecule has 4 nitrogen and oxygen atoms in total. The van der Waals surface area contributed by atoms with Crippen LogP contribution in [0.1, 0.15) is 98.3 Å². The number of epoxide rings is 1. The lowest BCUT2D eigenvalue weighted by molar-refractivity contribution is 0.0229. The van der Waals surface area contributed by atoms with Crippen molar-refractivity contribution in [1.29, 1.82) is 0 Å². The summed E-state index contributed by atoms with van der Waals surface area (Å²) in [5.74, 6) is 0.739. The van der Waals surface area contributed by atoms with E-state index in [0.717, 1.165) is 57.4 Å². The molecular formula is C25H43NO3. The average Bonchev–Trinajstić information content (AvgIpc) is 3.31. The number of nitrogens with one attached hydrogen (secondary N) is 1. The van der Waals surface area contributed by atoms with Crippen molar-refractivity contribution < 1.29 is 14.9 Å². The van der Waals surface area contributed by atoms with Gasteiger partial charge in [-0.3, -0.25) is 0 Å². The van der Waals surface area contributed by atoms with Gasteiger partial charge in [0.1, 0.15) is 5.60 Å². The molecule has 4 rings (SSSR count). The molecule has 6 atom stereocenters. The van der Waals surface area contributed by atoms with Gasteiger partial charge in [0.2, 0.25) is 0 Å². The highest BCUT2D eigenvalue weighted by atomic mass is 16.6. The van der Waals surface area contributed by atoms with Crippen LogP contribution in [0.2, 0.25) is 0 Å². The Morgan fingerprint density at radius 1 is 1.14 bits per heavy atom. The van der Waals surface area contributed by atoms with Crippen LogP contribution in [0.3, 0.4) is 0 Å². The minimum atomic E-state index is -0.266. The first kappa shape index (κ1) is 21.6. The van der Waals surface area contributed by atoms with Gasteiger partial charge in [0, 0.05) is 18.7 Å². The Bertz CT molecular complexity index is 646. The van der Waals surface area contributed by atoms with E-state index in [1.54, 1.807) is 0 Å². The van der Waals surface area contributed by atoms with E-state index in [1.807, 2.05) is 0 Å². The molecule has 0 aromatic carbocycles. The van der Waals surface area contributed by atoms with Crippen LogP contribution in [0.4, 0.5) is 0 Å². The summed E-state index contributed by atoms with van der Waals surface area (Å²) in [6, 6.07) is 0. The second-order valence-corrected chi connectivity index (χ2v) is 11.8. The third-order valence-electron chi connectivity index (χ3n) is 9.00. The molecule has 0 spiro atoms. The van der Waals surface area contributed by atoms with Crippen LogP contribution in [-0.2, 0) is 4.74 Å². The minimum absolute atomic E-state index is 0.0398. The molecule has 4 heteroatoms. The zero-order chi connectivity index (χ0) is 20.9. The summed E-state index contributed by atoms with van der Waals surface area (Å²) in [5, 5.41) is 24.6. The molecule has 0 bridgehead atoms. The number of rotatable bonds is 6. The molecule has 3 fully saturated rings. The Balaban J connectivity index is 1.28. The Morgan fingerprint density at radius 2 is 1.90 bits per heavy atom. The first-order valence-electron chi connectivity index (χ1n) is 12.1. The van der Waals surface area contributed by atoms with Crippen molar-refractivity contribution in [2.45, 2.75) is 122 Å². The maximum Gasteiger partial charge on any atom is 0.103 e. The molecule has 3 N–H and O–H groups in total. The van der Waals surface area contributed by atoms with Gasteiger partial charge in [-0.2, -0.15) is 0 Å². The Hall–Kier alpha value is -0.580. The van der Waals surface area contributed by atoms with E-state index in [-0.39, 0.29) is 28.8 Å². The third-order valence-corrected chi connectivity index (χ3v) is 9.00. The molecule has 29 heavy (non-hydrogen) atoms. The lowest BCUT2D eigenvalue weighted by Crippen LogP contribution is -2.47. The SMILES string of the molecule is CC1(CCC(O)CCC23OC2(C)CC(O)CC3(C)C)CC=C2NCCCC2CC1. The number of hydrogen-bond acceptors (Lipinski definition) is 4. The van der Waals surface area contributed by atoms with Gasteiger partial charge < -0.3 is 20.3 Å². The van der Waals surface area contributed by atoms with Gasteiger partial charge in [-0.15, -0.1) is 0 Å². The molecule has 0 radical (unpaired) electrons. The zero-order valence-electron chi connectivity index (χ0n) is 19.1. The topological polar surface area (TPSA) is 65.0 Å². The number of ether oxygens (including phenoxy) is 1. The van der Waals surface area contributed by atoms with Crippen molar-refractivity contribution in [2.24, 2.45) is 16.7 Å². The molecule has 4 aliphatic rings. The van der Waals surface area contributed by atoms with Crippen LogP contribution in [0, 0.1) is 16.7 Å². The van der Waals surface area contributed by atoms with Crippen molar-refractivity contribution in [3.8, 4) is 0 Å². The van der Waals surface area contributed by atoms with Crippen LogP contribution >= 0.6 is 0 Å². The Morgan fingerprint density at radius 3 is 2.66 bits per heavy atom. The standard InChI is InChI=1S/C25H43NO3/c1-22(2)16-20(28)17-24(4)25(22,29-24)14-9-19(27)8-12-23(3)11-7-18-6-5-15-26-21(18)10-13-23/h10,18-20,26-28H,5-9,11-17H2,1-4H3. The number of fused-ring (bicyclic) bond motifs is 2. The van der Waals surface area contributed by atoms with Gasteiger partial charge in [-0.05, 0) is 87.9 Å². The molecule has 2 aliphatic carbocycles. The van der Waals surface area contributed by atoms with E-state index < -0.39 is 0 Å². The van der Waals surface area contributed by atoms with E-state index >= 15 is 0 Å². The number of allylic oxidation sites excluding steroid dienone is 2. The van der Waals surface area contributed by atoms with Crippen molar-refractivity contribution in [3.05, 3.63) is 11.8 Å². The van der Waals surface area contributed by atoms with E-state index in [9.17, 15) is 10.2 Å². The average molecular weight is 406 g/mol. The number of aliphatic hydroxyl groups excluding tert-OH is 2. The van der Waals surface area contributed by atoms with E-state index in [4.69, 9.17) is 4.74 Å². The predicted molar refractivity (Wildman–Crippen MR) is 116 cm³/mol. The summed E-state index contributed by atoms with van der Waals surface area (Å²) in [4.78, 5) is 0. The van der Waals surface area contributed by atoms with Gasteiger partial charge in [0.15, 0.2) is 0 Å². The monoisotopic (exact) mass is 405 g/mol. The lowest BCUT2D eigenvalue weighted by atomic mass is 9.61. The zero-order valence-corrected chi connectivity index (χ0v) is 19.1. The highest BCUT2D eigenvalue weighted by Crippen LogP contribution is 2.67. The summed E-state index contributed by atoms with van der Waals surface area (Å²) in [7, 11) is 0. The molecule has 2 aliphatic heterocycles. The summed E-state index contributed by atoms with van der Waals surface area (Å²) in [5.41, 5.74) is 1.38. The fraction of sp³-hybridized carbons (Fsp3) is 0.920. The van der Waals surface area contributed by atoms with Crippen molar-refractivity contribution in [3.63, 3.8) is 0 Å². The van der Waals surface area contributed by atoms with Crippen molar-refractivity contribution in [2.75, 3.05) is 6.54 Å². The summed E-state index contributed by atoms with van der Waals surface area (Å²) >= 11 is 0. The lowest BCUT2D eigenvalue weighted by Gasteiger charge is -2.41. The summed E-state index contributed by atoms with van der Waals surface area (Å²) < 4.78 is 6.29. The molecule has 0 aromatic heterocycles. The first-order chi connectivity index (χ1) is 13.6. The molecule has 0 aromatic rings. The minimum Gasteiger partial charge on any atom is -0.393 e. The molecule has 0 amide bonds. The summed E-state index contributed by atoms with van der Waals surface area (Å²) in [6.07, 6.45) is 13.5. The second kappa shape index (κ2) is 7.53. The second-order valence-electron chi connectivity index (χ2n) is 11.8. The van der Waals surface area contributed by atoms with Crippen molar-refractivity contribution in [1.82, 2.24) is 5.32 Å². The van der Waals surface area contributed by atoms with Crippen LogP contribution in [0.5, 0.6) is 0 Å². The van der Waals surface area contributed by atoms with Gasteiger partial charge in [-0.25, -0.2) is 0 Å². The Kier molecular flexibility index (Phi) is 5.62. The van der Waals surface area contributed by atoms with Gasteiger partial charge >= 0.3 is 0 Å².